The fraction of sp³-hybridized carbons (Fsp3) is 0.552. The van der Waals surface area contributed by atoms with Crippen molar-refractivity contribution in [1.29, 1.82) is 0 Å². The van der Waals surface area contributed by atoms with E-state index in [0.29, 0.717) is 53.8 Å². The fourth-order valence-corrected chi connectivity index (χ4v) is 5.45. The first-order chi connectivity index (χ1) is 19.2. The number of rotatable bonds is 3. The van der Waals surface area contributed by atoms with Crippen molar-refractivity contribution in [1.82, 2.24) is 9.88 Å². The van der Waals surface area contributed by atoms with Crippen molar-refractivity contribution in [3.8, 4) is 5.88 Å². The molecule has 2 aromatic rings. The Bertz CT molecular complexity index is 1390. The third kappa shape index (κ3) is 4.91. The molecule has 2 saturated heterocycles. The third-order valence-electron chi connectivity index (χ3n) is 8.30. The highest BCUT2D eigenvalue weighted by Gasteiger charge is 2.53. The van der Waals surface area contributed by atoms with Crippen molar-refractivity contribution in [3.63, 3.8) is 0 Å². The average Bonchev–Trinajstić information content (AvgIpc) is 3.35. The number of benzene rings is 1. The van der Waals surface area contributed by atoms with Crippen LogP contribution < -0.4 is 20.4 Å². The molecule has 11 nitrogen and oxygen atoms in total. The normalized spacial score (nSPS) is 22.6. The van der Waals surface area contributed by atoms with Gasteiger partial charge in [-0.05, 0) is 77.7 Å². The zero-order chi connectivity index (χ0) is 29.3. The summed E-state index contributed by atoms with van der Waals surface area (Å²) in [5, 5.41) is 3.30. The molecule has 1 aromatic heterocycles. The summed E-state index contributed by atoms with van der Waals surface area (Å²) in [7, 11) is -0.703. The molecule has 218 valence electrons. The molecule has 4 aliphatic heterocycles. The van der Waals surface area contributed by atoms with Crippen LogP contribution in [0, 0.1) is 0 Å². The molecule has 0 bridgehead atoms. The number of ether oxygens (including phenoxy) is 3. The van der Waals surface area contributed by atoms with Crippen molar-refractivity contribution in [3.05, 3.63) is 35.4 Å². The number of carbonyl (C=O) groups is 2. The van der Waals surface area contributed by atoms with E-state index >= 15 is 0 Å². The number of morpholine rings is 1. The molecule has 0 saturated carbocycles. The van der Waals surface area contributed by atoms with Gasteiger partial charge in [-0.15, -0.1) is 0 Å². The Balaban J connectivity index is 1.35. The average molecular weight is 564 g/mol. The van der Waals surface area contributed by atoms with Gasteiger partial charge in [0.1, 0.15) is 23.7 Å². The van der Waals surface area contributed by atoms with Gasteiger partial charge in [-0.3, -0.25) is 4.79 Å². The van der Waals surface area contributed by atoms with Gasteiger partial charge < -0.3 is 33.7 Å². The number of pyridine rings is 1. The maximum atomic E-state index is 13.8. The van der Waals surface area contributed by atoms with Crippen molar-refractivity contribution >= 4 is 41.8 Å². The second-order valence-electron chi connectivity index (χ2n) is 12.9. The zero-order valence-electron chi connectivity index (χ0n) is 24.7. The quantitative estimate of drug-likeness (QED) is 0.555. The van der Waals surface area contributed by atoms with Gasteiger partial charge in [0.25, 0.3) is 5.91 Å². The van der Waals surface area contributed by atoms with E-state index < -0.39 is 35.9 Å². The minimum absolute atomic E-state index is 0.0388. The first-order valence-electron chi connectivity index (χ1n) is 14.1. The second kappa shape index (κ2) is 9.60. The lowest BCUT2D eigenvalue weighted by atomic mass is 9.74. The number of fused-ring (bicyclic) bond motifs is 4. The van der Waals surface area contributed by atoms with Crippen molar-refractivity contribution < 1.29 is 33.1 Å². The lowest BCUT2D eigenvalue weighted by Gasteiger charge is -2.40. The van der Waals surface area contributed by atoms with Gasteiger partial charge in [0.15, 0.2) is 0 Å². The highest BCUT2D eigenvalue weighted by atomic mass is 16.7. The van der Waals surface area contributed by atoms with Gasteiger partial charge in [0, 0.05) is 6.54 Å². The second-order valence-corrected chi connectivity index (χ2v) is 12.9. The molecule has 1 N–H and O–H groups in total. The summed E-state index contributed by atoms with van der Waals surface area (Å²) < 4.78 is 29.8. The molecule has 0 aliphatic carbocycles. The van der Waals surface area contributed by atoms with Gasteiger partial charge in [0.05, 0.1) is 48.3 Å². The van der Waals surface area contributed by atoms with Crippen LogP contribution in [0.4, 0.5) is 22.0 Å². The minimum Gasteiger partial charge on any atom is -0.474 e. The molecule has 1 aromatic carbocycles. The van der Waals surface area contributed by atoms with Crippen LogP contribution in [0.1, 0.15) is 64.4 Å². The summed E-state index contributed by atoms with van der Waals surface area (Å²) in [4.78, 5) is 35.0. The molecule has 12 heteroatoms. The van der Waals surface area contributed by atoms with Crippen LogP contribution in [0.2, 0.25) is 0 Å². The van der Waals surface area contributed by atoms with Crippen LogP contribution in [-0.4, -0.2) is 78.2 Å². The Hall–Kier alpha value is -3.35. The molecule has 41 heavy (non-hydrogen) atoms. The highest BCUT2D eigenvalue weighted by molar-refractivity contribution is 6.63. The number of nitrogens with zero attached hydrogens (tertiary/aromatic N) is 3. The number of anilines is 3. The Morgan fingerprint density at radius 3 is 2.54 bits per heavy atom. The largest absolute Gasteiger partial charge is 0.495 e. The summed E-state index contributed by atoms with van der Waals surface area (Å²) in [5.74, 6) is 0.588. The molecule has 2 fully saturated rings. The van der Waals surface area contributed by atoms with E-state index in [2.05, 4.69) is 10.2 Å². The number of nitrogens with one attached hydrogen (secondary N) is 1. The van der Waals surface area contributed by atoms with E-state index in [1.54, 1.807) is 26.8 Å². The van der Waals surface area contributed by atoms with Crippen LogP contribution in [0.15, 0.2) is 24.3 Å². The number of aromatic nitrogens is 1. The Labute approximate surface area is 240 Å². The molecule has 0 radical (unpaired) electrons. The minimum atomic E-state index is -0.756. The highest BCUT2D eigenvalue weighted by Crippen LogP contribution is 2.40. The third-order valence-corrected chi connectivity index (χ3v) is 8.30. The summed E-state index contributed by atoms with van der Waals surface area (Å²) in [6.07, 6.45) is -0.704. The number of hydrogen-bond donors (Lipinski definition) is 1. The van der Waals surface area contributed by atoms with Crippen molar-refractivity contribution in [2.75, 3.05) is 36.6 Å². The zero-order valence-corrected chi connectivity index (χ0v) is 24.7. The summed E-state index contributed by atoms with van der Waals surface area (Å²) in [6, 6.07) is 7.67. The Morgan fingerprint density at radius 2 is 1.83 bits per heavy atom. The lowest BCUT2D eigenvalue weighted by molar-refractivity contribution is 0.00578. The van der Waals surface area contributed by atoms with Gasteiger partial charge in [0.2, 0.25) is 5.88 Å². The summed E-state index contributed by atoms with van der Waals surface area (Å²) in [5.41, 5.74) is 1.25. The molecular formula is C29H37BN4O7. The van der Waals surface area contributed by atoms with Crippen LogP contribution in [0.5, 0.6) is 5.88 Å². The van der Waals surface area contributed by atoms with E-state index in [-0.39, 0.29) is 12.6 Å². The van der Waals surface area contributed by atoms with Gasteiger partial charge in [-0.1, -0.05) is 6.07 Å². The molecule has 5 heterocycles. The predicted octanol–water partition coefficient (Wildman–Crippen LogP) is 3.61. The summed E-state index contributed by atoms with van der Waals surface area (Å²) in [6.45, 7) is 15.8. The molecule has 0 spiro atoms. The number of hydrogen-bond acceptors (Lipinski definition) is 10. The fourth-order valence-electron chi connectivity index (χ4n) is 5.45. The summed E-state index contributed by atoms with van der Waals surface area (Å²) >= 11 is 0. The smallest absolute Gasteiger partial charge is 0.474 e. The topological polar surface area (TPSA) is 112 Å². The Kier molecular flexibility index (Phi) is 6.51. The van der Waals surface area contributed by atoms with Crippen molar-refractivity contribution in [2.24, 2.45) is 0 Å². The predicted molar refractivity (Wildman–Crippen MR) is 153 cm³/mol. The molecule has 4 aliphatic rings. The molecule has 1 atom stereocenters. The SMILES string of the molecule is CC(C)(C)OC(=O)N1Cc2c(B3OC(C)(C)C(C)(C)O3)ccc(Nc3ccc4c(n3)OC[C@H]3COCCN43)c2C1=O. The number of carbonyl (C=O) groups excluding carboxylic acids is 2. The standard InChI is InChI=1S/C29H37BN4O7/c1-27(2,3)39-26(36)34-14-18-19(30-40-28(4,5)29(6,7)41-30)8-9-20(23(18)25(34)35)31-22-11-10-21-24(32-22)38-16-17-15-37-13-12-33(17)21/h8-11,17H,12-16H2,1-7H3,(H,31,32)/t17-/m1/s1. The van der Waals surface area contributed by atoms with E-state index in [4.69, 9.17) is 28.5 Å². The van der Waals surface area contributed by atoms with Gasteiger partial charge in [-0.2, -0.15) is 4.98 Å². The maximum absolute atomic E-state index is 13.8. The molecule has 2 amide bonds. The first kappa shape index (κ1) is 27.8. The lowest BCUT2D eigenvalue weighted by Crippen LogP contribution is -2.51. The van der Waals surface area contributed by atoms with Crippen LogP contribution in [-0.2, 0) is 25.3 Å². The van der Waals surface area contributed by atoms with E-state index in [0.717, 1.165) is 17.1 Å². The monoisotopic (exact) mass is 564 g/mol. The van der Waals surface area contributed by atoms with Crippen LogP contribution in [0.25, 0.3) is 0 Å². The van der Waals surface area contributed by atoms with Gasteiger partial charge >= 0.3 is 13.2 Å². The van der Waals surface area contributed by atoms with Crippen molar-refractivity contribution in [2.45, 2.75) is 77.9 Å². The first-order valence-corrected chi connectivity index (χ1v) is 14.1. The molecule has 6 rings (SSSR count). The number of amides is 2. The number of imide groups is 1. The maximum Gasteiger partial charge on any atom is 0.495 e. The molecule has 0 unspecified atom stereocenters. The van der Waals surface area contributed by atoms with E-state index in [1.807, 2.05) is 45.9 Å². The Morgan fingerprint density at radius 1 is 1.10 bits per heavy atom. The molecular weight excluding hydrogens is 527 g/mol. The van der Waals surface area contributed by atoms with Crippen LogP contribution >= 0.6 is 0 Å². The van der Waals surface area contributed by atoms with E-state index in [9.17, 15) is 9.59 Å². The van der Waals surface area contributed by atoms with E-state index in [1.165, 1.54) is 0 Å². The van der Waals surface area contributed by atoms with Gasteiger partial charge in [-0.25, -0.2) is 9.69 Å². The van der Waals surface area contributed by atoms with Crippen LogP contribution in [0.3, 0.4) is 0 Å².